The highest BCUT2D eigenvalue weighted by Gasteiger charge is 2.01. The molecule has 0 saturated carbocycles. The smallest absolute Gasteiger partial charge is 0.0618 e. The number of nitrogens with two attached hydrogens (primary N) is 1. The molecule has 0 radical (unpaired) electrons. The molecular formula is C14H15IN2. The summed E-state index contributed by atoms with van der Waals surface area (Å²) in [5.41, 5.74) is 11.3. The third kappa shape index (κ3) is 3.12. The molecule has 0 aliphatic rings. The highest BCUT2D eigenvalue weighted by molar-refractivity contribution is 14.1. The molecule has 2 nitrogen and oxygen atoms in total. The Morgan fingerprint density at radius 3 is 2.24 bits per heavy atom. The Hall–Kier alpha value is -1.23. The number of nitrogen functional groups attached to an aromatic ring is 1. The lowest BCUT2D eigenvalue weighted by Gasteiger charge is -2.11. The molecule has 0 amide bonds. The van der Waals surface area contributed by atoms with Gasteiger partial charge in [-0.3, -0.25) is 0 Å². The predicted molar refractivity (Wildman–Crippen MR) is 82.8 cm³/mol. The van der Waals surface area contributed by atoms with E-state index in [1.54, 1.807) is 0 Å². The van der Waals surface area contributed by atoms with Crippen LogP contribution in [0.4, 0.5) is 17.1 Å². The maximum atomic E-state index is 5.98. The molecular weight excluding hydrogens is 323 g/mol. The number of hydrogen-bond donors (Lipinski definition) is 2. The number of anilines is 3. The molecule has 3 N–H and O–H groups in total. The molecule has 2 aromatic carbocycles. The summed E-state index contributed by atoms with van der Waals surface area (Å²) in [5.74, 6) is 0. The molecule has 0 aromatic heterocycles. The summed E-state index contributed by atoms with van der Waals surface area (Å²) >= 11 is 2.26. The zero-order chi connectivity index (χ0) is 12.4. The van der Waals surface area contributed by atoms with Crippen LogP contribution < -0.4 is 11.1 Å². The van der Waals surface area contributed by atoms with Gasteiger partial charge in [-0.25, -0.2) is 0 Å². The Morgan fingerprint density at radius 2 is 1.65 bits per heavy atom. The van der Waals surface area contributed by atoms with Crippen LogP contribution in [-0.2, 0) is 0 Å². The molecule has 0 saturated heterocycles. The van der Waals surface area contributed by atoms with Crippen LogP contribution in [0.2, 0.25) is 0 Å². The van der Waals surface area contributed by atoms with Gasteiger partial charge in [-0.2, -0.15) is 0 Å². The van der Waals surface area contributed by atoms with Gasteiger partial charge in [-0.1, -0.05) is 6.07 Å². The van der Waals surface area contributed by atoms with E-state index >= 15 is 0 Å². The topological polar surface area (TPSA) is 38.0 Å². The molecule has 17 heavy (non-hydrogen) atoms. The van der Waals surface area contributed by atoms with Crippen LogP contribution in [0.15, 0.2) is 36.4 Å². The van der Waals surface area contributed by atoms with Gasteiger partial charge in [0, 0.05) is 9.26 Å². The lowest BCUT2D eigenvalue weighted by Crippen LogP contribution is -1.97. The first kappa shape index (κ1) is 12.2. The second-order valence-electron chi connectivity index (χ2n) is 4.23. The van der Waals surface area contributed by atoms with Crippen LogP contribution in [0.25, 0.3) is 0 Å². The van der Waals surface area contributed by atoms with E-state index in [9.17, 15) is 0 Å². The molecule has 2 rings (SSSR count). The van der Waals surface area contributed by atoms with Crippen molar-refractivity contribution in [1.29, 1.82) is 0 Å². The van der Waals surface area contributed by atoms with E-state index in [-0.39, 0.29) is 0 Å². The Morgan fingerprint density at radius 1 is 1.00 bits per heavy atom. The van der Waals surface area contributed by atoms with Crippen molar-refractivity contribution in [2.75, 3.05) is 11.1 Å². The number of nitrogens with one attached hydrogen (secondary N) is 1. The quantitative estimate of drug-likeness (QED) is 0.635. The van der Waals surface area contributed by atoms with Gasteiger partial charge in [-0.05, 0) is 77.9 Å². The van der Waals surface area contributed by atoms with E-state index in [1.807, 2.05) is 18.2 Å². The Labute approximate surface area is 115 Å². The summed E-state index contributed by atoms with van der Waals surface area (Å²) in [6, 6.07) is 12.4. The van der Waals surface area contributed by atoms with Gasteiger partial charge in [0.15, 0.2) is 0 Å². The van der Waals surface area contributed by atoms with Crippen molar-refractivity contribution in [1.82, 2.24) is 0 Å². The molecule has 0 aliphatic carbocycles. The van der Waals surface area contributed by atoms with Crippen molar-refractivity contribution >= 4 is 39.7 Å². The number of hydrogen-bond acceptors (Lipinski definition) is 2. The summed E-state index contributed by atoms with van der Waals surface area (Å²) in [6.45, 7) is 4.19. The minimum Gasteiger partial charge on any atom is -0.397 e. The minimum absolute atomic E-state index is 0.774. The second kappa shape index (κ2) is 4.96. The third-order valence-electron chi connectivity index (χ3n) is 2.51. The van der Waals surface area contributed by atoms with Crippen molar-refractivity contribution in [3.63, 3.8) is 0 Å². The van der Waals surface area contributed by atoms with Gasteiger partial charge in [-0.15, -0.1) is 0 Å². The molecule has 88 valence electrons. The maximum Gasteiger partial charge on any atom is 0.0618 e. The number of halogens is 1. The van der Waals surface area contributed by atoms with Crippen molar-refractivity contribution < 1.29 is 0 Å². The average molecular weight is 338 g/mol. The van der Waals surface area contributed by atoms with Crippen LogP contribution >= 0.6 is 22.6 Å². The van der Waals surface area contributed by atoms with E-state index < -0.39 is 0 Å². The molecule has 3 heteroatoms. The van der Waals surface area contributed by atoms with E-state index in [2.05, 4.69) is 60.0 Å². The lowest BCUT2D eigenvalue weighted by molar-refractivity contribution is 1.37. The number of aryl methyl sites for hydroxylation is 2. The summed E-state index contributed by atoms with van der Waals surface area (Å²) in [6.07, 6.45) is 0. The molecule has 0 heterocycles. The predicted octanol–water partition coefficient (Wildman–Crippen LogP) is 4.23. The first-order chi connectivity index (χ1) is 8.04. The molecule has 2 aromatic rings. The molecule has 0 aliphatic heterocycles. The monoisotopic (exact) mass is 338 g/mol. The largest absolute Gasteiger partial charge is 0.397 e. The van der Waals surface area contributed by atoms with Crippen molar-refractivity contribution in [3.05, 3.63) is 51.1 Å². The fourth-order valence-corrected chi connectivity index (χ4v) is 2.37. The van der Waals surface area contributed by atoms with E-state index in [4.69, 9.17) is 5.73 Å². The second-order valence-corrected chi connectivity index (χ2v) is 5.48. The van der Waals surface area contributed by atoms with Gasteiger partial charge in [0.25, 0.3) is 0 Å². The van der Waals surface area contributed by atoms with Gasteiger partial charge < -0.3 is 11.1 Å². The molecule has 0 bridgehead atoms. The fraction of sp³-hybridized carbons (Fsp3) is 0.143. The normalized spacial score (nSPS) is 10.3. The van der Waals surface area contributed by atoms with E-state index in [1.165, 1.54) is 11.1 Å². The highest BCUT2D eigenvalue weighted by Crippen LogP contribution is 2.25. The highest BCUT2D eigenvalue weighted by atomic mass is 127. The summed E-state index contributed by atoms with van der Waals surface area (Å²) in [7, 11) is 0. The Balaban J connectivity index is 2.31. The van der Waals surface area contributed by atoms with Gasteiger partial charge in [0.05, 0.1) is 11.4 Å². The fourth-order valence-electron chi connectivity index (χ4n) is 1.85. The van der Waals surface area contributed by atoms with Crippen LogP contribution in [0.5, 0.6) is 0 Å². The Bertz CT molecular complexity index is 530. The zero-order valence-electron chi connectivity index (χ0n) is 9.92. The standard InChI is InChI=1S/C14H15IN2/c1-9-5-10(2)7-12(6-9)17-14-4-3-11(15)8-13(14)16/h3-8,17H,16H2,1-2H3. The summed E-state index contributed by atoms with van der Waals surface area (Å²) in [4.78, 5) is 0. The number of benzene rings is 2. The zero-order valence-corrected chi connectivity index (χ0v) is 12.1. The van der Waals surface area contributed by atoms with Crippen molar-refractivity contribution in [2.24, 2.45) is 0 Å². The molecule has 0 spiro atoms. The van der Waals surface area contributed by atoms with Crippen molar-refractivity contribution in [2.45, 2.75) is 13.8 Å². The van der Waals surface area contributed by atoms with Gasteiger partial charge in [0.1, 0.15) is 0 Å². The van der Waals surface area contributed by atoms with Crippen LogP contribution in [0, 0.1) is 17.4 Å². The average Bonchev–Trinajstić information content (AvgIpc) is 2.21. The first-order valence-electron chi connectivity index (χ1n) is 5.45. The van der Waals surface area contributed by atoms with Gasteiger partial charge in [0.2, 0.25) is 0 Å². The number of rotatable bonds is 2. The first-order valence-corrected chi connectivity index (χ1v) is 6.53. The SMILES string of the molecule is Cc1cc(C)cc(Nc2ccc(I)cc2N)c1. The minimum atomic E-state index is 0.774. The summed E-state index contributed by atoms with van der Waals surface area (Å²) < 4.78 is 1.14. The van der Waals surface area contributed by atoms with Crippen molar-refractivity contribution in [3.8, 4) is 0 Å². The maximum absolute atomic E-state index is 5.98. The van der Waals surface area contributed by atoms with E-state index in [0.29, 0.717) is 0 Å². The molecule has 0 atom stereocenters. The third-order valence-corrected chi connectivity index (χ3v) is 3.19. The van der Waals surface area contributed by atoms with E-state index in [0.717, 1.165) is 20.6 Å². The Kier molecular flexibility index (Phi) is 3.57. The lowest BCUT2D eigenvalue weighted by atomic mass is 10.1. The van der Waals surface area contributed by atoms with Crippen LogP contribution in [0.3, 0.4) is 0 Å². The summed E-state index contributed by atoms with van der Waals surface area (Å²) in [5, 5.41) is 3.35. The van der Waals surface area contributed by atoms with Crippen LogP contribution in [0.1, 0.15) is 11.1 Å². The molecule has 0 unspecified atom stereocenters. The molecule has 0 fully saturated rings. The van der Waals surface area contributed by atoms with Gasteiger partial charge >= 0.3 is 0 Å². The van der Waals surface area contributed by atoms with Crippen LogP contribution in [-0.4, -0.2) is 0 Å².